The highest BCUT2D eigenvalue weighted by molar-refractivity contribution is 7.80. The zero-order valence-corrected chi connectivity index (χ0v) is 13.9. The normalized spacial score (nSPS) is 15.9. The summed E-state index contributed by atoms with van der Waals surface area (Å²) in [7, 11) is 1.66. The molecule has 0 atom stereocenters. The molecule has 0 aliphatic carbocycles. The smallest absolute Gasteiger partial charge is 0.161 e. The van der Waals surface area contributed by atoms with Gasteiger partial charge in [-0.3, -0.25) is 0 Å². The molecule has 1 aliphatic rings. The first-order chi connectivity index (χ1) is 10.2. The molecule has 0 unspecified atom stereocenters. The van der Waals surface area contributed by atoms with Crippen LogP contribution in [0.1, 0.15) is 19.4 Å². The van der Waals surface area contributed by atoms with Gasteiger partial charge in [-0.15, -0.1) is 0 Å². The van der Waals surface area contributed by atoms with Crippen molar-refractivity contribution < 1.29 is 9.47 Å². The first kappa shape index (κ1) is 16.0. The third-order valence-electron chi connectivity index (χ3n) is 3.82. The molecular weight excluding hydrogens is 284 g/mol. The molecule has 1 aliphatic heterocycles. The molecule has 0 saturated carbocycles. The van der Waals surface area contributed by atoms with Gasteiger partial charge in [0.1, 0.15) is 4.99 Å². The van der Waals surface area contributed by atoms with Crippen LogP contribution in [0.15, 0.2) is 18.2 Å². The fourth-order valence-electron chi connectivity index (χ4n) is 2.53. The van der Waals surface area contributed by atoms with Crippen molar-refractivity contribution in [3.05, 3.63) is 23.8 Å². The molecule has 1 saturated heterocycles. The molecule has 116 valence electrons. The Morgan fingerprint density at radius 1 is 1.14 bits per heavy atom. The van der Waals surface area contributed by atoms with Gasteiger partial charge in [0.25, 0.3) is 0 Å². The van der Waals surface area contributed by atoms with Gasteiger partial charge >= 0.3 is 0 Å². The molecule has 21 heavy (non-hydrogen) atoms. The number of piperazine rings is 1. The van der Waals surface area contributed by atoms with Crippen LogP contribution >= 0.6 is 12.2 Å². The second kappa shape index (κ2) is 7.61. The van der Waals surface area contributed by atoms with Crippen LogP contribution in [0, 0.1) is 0 Å². The highest BCUT2D eigenvalue weighted by Gasteiger charge is 2.19. The minimum atomic E-state index is 0.624. The molecule has 1 aromatic carbocycles. The Morgan fingerprint density at radius 3 is 2.43 bits per heavy atom. The summed E-state index contributed by atoms with van der Waals surface area (Å²) in [5.74, 6) is 1.51. The highest BCUT2D eigenvalue weighted by atomic mass is 32.1. The Hall–Kier alpha value is -1.33. The predicted molar refractivity (Wildman–Crippen MR) is 89.6 cm³/mol. The second-order valence-electron chi connectivity index (χ2n) is 5.03. The van der Waals surface area contributed by atoms with Crippen LogP contribution in [0.2, 0.25) is 0 Å². The van der Waals surface area contributed by atoms with E-state index in [9.17, 15) is 0 Å². The van der Waals surface area contributed by atoms with Gasteiger partial charge in [0.05, 0.1) is 13.7 Å². The van der Waals surface area contributed by atoms with Crippen LogP contribution in [0.25, 0.3) is 0 Å². The highest BCUT2D eigenvalue weighted by Crippen LogP contribution is 2.28. The van der Waals surface area contributed by atoms with Crippen LogP contribution in [0.5, 0.6) is 11.5 Å². The number of likely N-dealkylation sites (N-methyl/N-ethyl adjacent to an activating group) is 1. The van der Waals surface area contributed by atoms with Gasteiger partial charge in [0, 0.05) is 31.7 Å². The quantitative estimate of drug-likeness (QED) is 0.778. The first-order valence-electron chi connectivity index (χ1n) is 7.52. The summed E-state index contributed by atoms with van der Waals surface area (Å²) in [6, 6.07) is 5.92. The van der Waals surface area contributed by atoms with Crippen LogP contribution in [-0.4, -0.2) is 61.2 Å². The molecule has 4 nitrogen and oxygen atoms in total. The molecule has 1 fully saturated rings. The SMILES string of the molecule is CCOc1ccc(C(=S)N2CCN(CC)CC2)cc1OC. The summed E-state index contributed by atoms with van der Waals surface area (Å²) >= 11 is 5.64. The van der Waals surface area contributed by atoms with E-state index in [4.69, 9.17) is 21.7 Å². The number of nitrogens with zero attached hydrogens (tertiary/aromatic N) is 2. The van der Waals surface area contributed by atoms with E-state index >= 15 is 0 Å². The minimum Gasteiger partial charge on any atom is -0.493 e. The predicted octanol–water partition coefficient (Wildman–Crippen LogP) is 2.41. The molecule has 5 heteroatoms. The van der Waals surface area contributed by atoms with Crippen molar-refractivity contribution >= 4 is 17.2 Å². The molecule has 1 aromatic rings. The van der Waals surface area contributed by atoms with Gasteiger partial charge in [-0.25, -0.2) is 0 Å². The third kappa shape index (κ3) is 3.86. The van der Waals surface area contributed by atoms with Crippen LogP contribution < -0.4 is 9.47 Å². The maximum absolute atomic E-state index is 5.64. The van der Waals surface area contributed by atoms with E-state index in [0.717, 1.165) is 54.8 Å². The minimum absolute atomic E-state index is 0.624. The lowest BCUT2D eigenvalue weighted by Gasteiger charge is -2.35. The second-order valence-corrected chi connectivity index (χ2v) is 5.41. The van der Waals surface area contributed by atoms with E-state index in [1.165, 1.54) is 0 Å². The van der Waals surface area contributed by atoms with Crippen LogP contribution in [-0.2, 0) is 0 Å². The van der Waals surface area contributed by atoms with E-state index < -0.39 is 0 Å². The lowest BCUT2D eigenvalue weighted by molar-refractivity contribution is 0.192. The van der Waals surface area contributed by atoms with Crippen LogP contribution in [0.4, 0.5) is 0 Å². The monoisotopic (exact) mass is 308 g/mol. The van der Waals surface area contributed by atoms with Gasteiger partial charge in [0.15, 0.2) is 11.5 Å². The van der Waals surface area contributed by atoms with E-state index in [1.54, 1.807) is 7.11 Å². The number of thiocarbonyl (C=S) groups is 1. The molecule has 0 aromatic heterocycles. The third-order valence-corrected chi connectivity index (χ3v) is 4.31. The van der Waals surface area contributed by atoms with Gasteiger partial charge in [0.2, 0.25) is 0 Å². The van der Waals surface area contributed by atoms with Gasteiger partial charge < -0.3 is 19.3 Å². The Morgan fingerprint density at radius 2 is 1.86 bits per heavy atom. The van der Waals surface area contributed by atoms with E-state index in [2.05, 4.69) is 16.7 Å². The number of benzene rings is 1. The summed E-state index contributed by atoms with van der Waals surface area (Å²) < 4.78 is 10.9. The Balaban J connectivity index is 2.09. The lowest BCUT2D eigenvalue weighted by Crippen LogP contribution is -2.48. The first-order valence-corrected chi connectivity index (χ1v) is 7.92. The summed E-state index contributed by atoms with van der Waals surface area (Å²) in [5.41, 5.74) is 1.02. The fourth-order valence-corrected chi connectivity index (χ4v) is 2.83. The lowest BCUT2D eigenvalue weighted by atomic mass is 10.1. The molecule has 0 amide bonds. The number of hydrogen-bond acceptors (Lipinski definition) is 4. The number of methoxy groups -OCH3 is 1. The van der Waals surface area contributed by atoms with Crippen molar-refractivity contribution in [3.63, 3.8) is 0 Å². The molecule has 1 heterocycles. The molecular formula is C16H24N2O2S. The van der Waals surface area contributed by atoms with Crippen molar-refractivity contribution in [2.24, 2.45) is 0 Å². The Labute approximate surface area is 132 Å². The zero-order valence-electron chi connectivity index (χ0n) is 13.1. The van der Waals surface area contributed by atoms with Crippen molar-refractivity contribution in [1.29, 1.82) is 0 Å². The summed E-state index contributed by atoms with van der Waals surface area (Å²) in [5, 5.41) is 0. The molecule has 0 spiro atoms. The topological polar surface area (TPSA) is 24.9 Å². The standard InChI is InChI=1S/C16H24N2O2S/c1-4-17-8-10-18(11-9-17)16(21)13-6-7-14(20-5-2)15(12-13)19-3/h6-7,12H,4-5,8-11H2,1-3H3. The Bertz CT molecular complexity index is 485. The van der Waals surface area contributed by atoms with Crippen molar-refractivity contribution in [3.8, 4) is 11.5 Å². The molecule has 0 bridgehead atoms. The zero-order chi connectivity index (χ0) is 15.2. The van der Waals surface area contributed by atoms with Crippen molar-refractivity contribution in [1.82, 2.24) is 9.80 Å². The van der Waals surface area contributed by atoms with Crippen molar-refractivity contribution in [2.45, 2.75) is 13.8 Å². The van der Waals surface area contributed by atoms with Crippen LogP contribution in [0.3, 0.4) is 0 Å². The molecule has 2 rings (SSSR count). The maximum Gasteiger partial charge on any atom is 0.161 e. The fraction of sp³-hybridized carbons (Fsp3) is 0.562. The largest absolute Gasteiger partial charge is 0.493 e. The average Bonchev–Trinajstić information content (AvgIpc) is 2.55. The number of ether oxygens (including phenoxy) is 2. The van der Waals surface area contributed by atoms with E-state index in [-0.39, 0.29) is 0 Å². The molecule has 0 radical (unpaired) electrons. The number of hydrogen-bond donors (Lipinski definition) is 0. The Kier molecular flexibility index (Phi) is 5.82. The van der Waals surface area contributed by atoms with Gasteiger partial charge in [-0.1, -0.05) is 19.1 Å². The van der Waals surface area contributed by atoms with Crippen molar-refractivity contribution in [2.75, 3.05) is 46.4 Å². The number of rotatable bonds is 5. The average molecular weight is 308 g/mol. The molecule has 0 N–H and O–H groups in total. The van der Waals surface area contributed by atoms with E-state index in [1.807, 2.05) is 25.1 Å². The summed E-state index contributed by atoms with van der Waals surface area (Å²) in [6.45, 7) is 10.0. The maximum atomic E-state index is 5.64. The van der Waals surface area contributed by atoms with E-state index in [0.29, 0.717) is 6.61 Å². The van der Waals surface area contributed by atoms with Gasteiger partial charge in [-0.05, 0) is 31.7 Å². The summed E-state index contributed by atoms with van der Waals surface area (Å²) in [4.78, 5) is 5.61. The van der Waals surface area contributed by atoms with Gasteiger partial charge in [-0.2, -0.15) is 0 Å². The summed E-state index contributed by atoms with van der Waals surface area (Å²) in [6.07, 6.45) is 0.